The fourth-order valence-corrected chi connectivity index (χ4v) is 1.35. The normalized spacial score (nSPS) is 10.5. The third-order valence-electron chi connectivity index (χ3n) is 2.17. The zero-order chi connectivity index (χ0) is 11.9. The van der Waals surface area contributed by atoms with Gasteiger partial charge in [-0.3, -0.25) is 0 Å². The number of rotatable bonds is 2. The molecule has 86 valence electrons. The molecule has 1 nitrogen and oxygen atoms in total. The van der Waals surface area contributed by atoms with E-state index in [2.05, 4.69) is 50.4 Å². The molecule has 1 rings (SSSR count). The van der Waals surface area contributed by atoms with E-state index in [-0.39, 0.29) is 5.41 Å². The first-order chi connectivity index (χ1) is 7.04. The van der Waals surface area contributed by atoms with E-state index in [4.69, 9.17) is 0 Å². The topological polar surface area (TPSA) is 12.0 Å². The summed E-state index contributed by atoms with van der Waals surface area (Å²) in [5.74, 6) is 0. The van der Waals surface area contributed by atoms with E-state index in [9.17, 15) is 0 Å². The Bertz CT molecular complexity index is 271. The predicted molar refractivity (Wildman–Crippen MR) is 69.3 cm³/mol. The molecule has 0 saturated heterocycles. The molecule has 0 atom stereocenters. The summed E-state index contributed by atoms with van der Waals surface area (Å²) in [6.07, 6.45) is 0. The molecule has 0 bridgehead atoms. The Morgan fingerprint density at radius 3 is 2.20 bits per heavy atom. The third kappa shape index (κ3) is 4.98. The van der Waals surface area contributed by atoms with Crippen LogP contribution in [0.15, 0.2) is 24.3 Å². The molecular formula is C14H25N. The first-order valence-corrected chi connectivity index (χ1v) is 5.78. The smallest absolute Gasteiger partial charge is 0.0202 e. The SMILES string of the molecule is CC.CNCc1cccc(C(C)(C)C)c1. The highest BCUT2D eigenvalue weighted by atomic mass is 14.8. The lowest BCUT2D eigenvalue weighted by Gasteiger charge is -2.19. The molecular weight excluding hydrogens is 182 g/mol. The highest BCUT2D eigenvalue weighted by molar-refractivity contribution is 5.28. The highest BCUT2D eigenvalue weighted by Crippen LogP contribution is 2.22. The minimum Gasteiger partial charge on any atom is -0.316 e. The molecule has 0 heterocycles. The van der Waals surface area contributed by atoms with Crippen LogP contribution >= 0.6 is 0 Å². The van der Waals surface area contributed by atoms with Gasteiger partial charge in [0.2, 0.25) is 0 Å². The summed E-state index contributed by atoms with van der Waals surface area (Å²) in [5.41, 5.74) is 3.01. The standard InChI is InChI=1S/C12H19N.C2H6/c1-12(2,3)11-7-5-6-10(8-11)9-13-4;1-2/h5-8,13H,9H2,1-4H3;1-2H3. The zero-order valence-electron chi connectivity index (χ0n) is 11.0. The number of nitrogens with one attached hydrogen (secondary N) is 1. The van der Waals surface area contributed by atoms with Gasteiger partial charge in [0.25, 0.3) is 0 Å². The Hall–Kier alpha value is -0.820. The molecule has 15 heavy (non-hydrogen) atoms. The molecule has 0 fully saturated rings. The predicted octanol–water partition coefficient (Wildman–Crippen LogP) is 3.73. The minimum atomic E-state index is 0.254. The van der Waals surface area contributed by atoms with Crippen LogP contribution in [0.2, 0.25) is 0 Å². The largest absolute Gasteiger partial charge is 0.316 e. The van der Waals surface area contributed by atoms with Gasteiger partial charge in [0.05, 0.1) is 0 Å². The third-order valence-corrected chi connectivity index (χ3v) is 2.17. The van der Waals surface area contributed by atoms with E-state index >= 15 is 0 Å². The second kappa shape index (κ2) is 6.62. The number of benzene rings is 1. The summed E-state index contributed by atoms with van der Waals surface area (Å²) in [7, 11) is 1.98. The molecule has 1 N–H and O–H groups in total. The van der Waals surface area contributed by atoms with Gasteiger partial charge >= 0.3 is 0 Å². The molecule has 0 unspecified atom stereocenters. The molecule has 0 aliphatic carbocycles. The molecule has 0 amide bonds. The van der Waals surface area contributed by atoms with Crippen LogP contribution in [0.1, 0.15) is 45.7 Å². The Labute approximate surface area is 94.9 Å². The highest BCUT2D eigenvalue weighted by Gasteiger charge is 2.12. The van der Waals surface area contributed by atoms with Crippen molar-refractivity contribution in [2.24, 2.45) is 0 Å². The maximum Gasteiger partial charge on any atom is 0.0202 e. The molecule has 1 aromatic rings. The van der Waals surface area contributed by atoms with Gasteiger partial charge < -0.3 is 5.32 Å². The van der Waals surface area contributed by atoms with Crippen molar-refractivity contribution < 1.29 is 0 Å². The van der Waals surface area contributed by atoms with Crippen LogP contribution in [-0.4, -0.2) is 7.05 Å². The Morgan fingerprint density at radius 2 is 1.73 bits per heavy atom. The minimum absolute atomic E-state index is 0.254. The van der Waals surface area contributed by atoms with Crippen molar-refractivity contribution in [3.63, 3.8) is 0 Å². The fraction of sp³-hybridized carbons (Fsp3) is 0.571. The van der Waals surface area contributed by atoms with Gasteiger partial charge in [-0.15, -0.1) is 0 Å². The van der Waals surface area contributed by atoms with Gasteiger partial charge in [0.1, 0.15) is 0 Å². The Morgan fingerprint density at radius 1 is 1.13 bits per heavy atom. The maximum atomic E-state index is 3.16. The van der Waals surface area contributed by atoms with E-state index in [0.29, 0.717) is 0 Å². The van der Waals surface area contributed by atoms with Crippen molar-refractivity contribution in [1.82, 2.24) is 5.32 Å². The lowest BCUT2D eigenvalue weighted by atomic mass is 9.86. The van der Waals surface area contributed by atoms with E-state index in [1.54, 1.807) is 0 Å². The molecule has 1 heteroatoms. The average Bonchev–Trinajstić information content (AvgIpc) is 2.21. The lowest BCUT2D eigenvalue weighted by molar-refractivity contribution is 0.588. The first-order valence-electron chi connectivity index (χ1n) is 5.78. The van der Waals surface area contributed by atoms with Crippen LogP contribution in [0.5, 0.6) is 0 Å². The van der Waals surface area contributed by atoms with Gasteiger partial charge in [-0.2, -0.15) is 0 Å². The Kier molecular flexibility index (Phi) is 6.26. The van der Waals surface area contributed by atoms with Crippen molar-refractivity contribution in [2.45, 2.75) is 46.6 Å². The van der Waals surface area contributed by atoms with Crippen molar-refractivity contribution >= 4 is 0 Å². The maximum absolute atomic E-state index is 3.16. The summed E-state index contributed by atoms with van der Waals surface area (Å²) in [6, 6.07) is 8.76. The van der Waals surface area contributed by atoms with Crippen molar-refractivity contribution in [2.75, 3.05) is 7.05 Å². The van der Waals surface area contributed by atoms with Crippen molar-refractivity contribution in [3.05, 3.63) is 35.4 Å². The summed E-state index contributed by atoms with van der Waals surface area (Å²) >= 11 is 0. The molecule has 0 aliphatic heterocycles. The fourth-order valence-electron chi connectivity index (χ4n) is 1.35. The number of hydrogen-bond donors (Lipinski definition) is 1. The van der Waals surface area contributed by atoms with Crippen molar-refractivity contribution in [1.29, 1.82) is 0 Å². The van der Waals surface area contributed by atoms with Gasteiger partial charge in [-0.25, -0.2) is 0 Å². The quantitative estimate of drug-likeness (QED) is 0.779. The van der Waals surface area contributed by atoms with Crippen LogP contribution in [0.25, 0.3) is 0 Å². The van der Waals surface area contributed by atoms with E-state index in [1.807, 2.05) is 20.9 Å². The van der Waals surface area contributed by atoms with Crippen LogP contribution in [0, 0.1) is 0 Å². The molecule has 1 aromatic carbocycles. The first kappa shape index (κ1) is 14.2. The number of hydrogen-bond acceptors (Lipinski definition) is 1. The monoisotopic (exact) mass is 207 g/mol. The summed E-state index contributed by atoms with van der Waals surface area (Å²) in [5, 5.41) is 3.16. The van der Waals surface area contributed by atoms with Crippen LogP contribution in [0.4, 0.5) is 0 Å². The van der Waals surface area contributed by atoms with Gasteiger partial charge in [-0.05, 0) is 23.6 Å². The van der Waals surface area contributed by atoms with E-state index in [1.165, 1.54) is 11.1 Å². The van der Waals surface area contributed by atoms with E-state index in [0.717, 1.165) is 6.54 Å². The molecule has 0 radical (unpaired) electrons. The summed E-state index contributed by atoms with van der Waals surface area (Å²) in [6.45, 7) is 11.7. The second-order valence-corrected chi connectivity index (χ2v) is 4.48. The van der Waals surface area contributed by atoms with Gasteiger partial charge in [-0.1, -0.05) is 58.9 Å². The van der Waals surface area contributed by atoms with Gasteiger partial charge in [0, 0.05) is 6.54 Å². The van der Waals surface area contributed by atoms with Crippen molar-refractivity contribution in [3.8, 4) is 0 Å². The van der Waals surface area contributed by atoms with Crippen LogP contribution in [0.3, 0.4) is 0 Å². The molecule has 0 aliphatic rings. The van der Waals surface area contributed by atoms with E-state index < -0.39 is 0 Å². The molecule has 0 spiro atoms. The van der Waals surface area contributed by atoms with Gasteiger partial charge in [0.15, 0.2) is 0 Å². The zero-order valence-corrected chi connectivity index (χ0v) is 11.0. The average molecular weight is 207 g/mol. The summed E-state index contributed by atoms with van der Waals surface area (Å²) in [4.78, 5) is 0. The van der Waals surface area contributed by atoms with Crippen LogP contribution in [-0.2, 0) is 12.0 Å². The summed E-state index contributed by atoms with van der Waals surface area (Å²) < 4.78 is 0. The second-order valence-electron chi connectivity index (χ2n) is 4.48. The lowest BCUT2D eigenvalue weighted by Crippen LogP contribution is -2.12. The molecule has 0 saturated carbocycles. The molecule has 0 aromatic heterocycles. The Balaban J connectivity index is 0.000000921. The van der Waals surface area contributed by atoms with Crippen LogP contribution < -0.4 is 5.32 Å².